The summed E-state index contributed by atoms with van der Waals surface area (Å²) >= 11 is 0. The predicted octanol–water partition coefficient (Wildman–Crippen LogP) is 1.03. The van der Waals surface area contributed by atoms with Crippen molar-refractivity contribution in [2.75, 3.05) is 24.5 Å². The summed E-state index contributed by atoms with van der Waals surface area (Å²) in [6.45, 7) is 2.81. The lowest BCUT2D eigenvalue weighted by Gasteiger charge is -2.29. The van der Waals surface area contributed by atoms with Crippen LogP contribution in [0.5, 0.6) is 0 Å². The van der Waals surface area contributed by atoms with Gasteiger partial charge >= 0.3 is 0 Å². The molecule has 1 aromatic rings. The van der Waals surface area contributed by atoms with Gasteiger partial charge in [0.05, 0.1) is 12.2 Å². The largest absolute Gasteiger partial charge is 0.355 e. The Hall–Kier alpha value is -2.42. The van der Waals surface area contributed by atoms with Crippen LogP contribution in [0.2, 0.25) is 0 Å². The average Bonchev–Trinajstić information content (AvgIpc) is 2.84. The maximum absolute atomic E-state index is 12.6. The van der Waals surface area contributed by atoms with Gasteiger partial charge in [-0.1, -0.05) is 6.42 Å². The van der Waals surface area contributed by atoms with Crippen LogP contribution in [-0.4, -0.2) is 45.7 Å². The molecule has 1 aromatic carbocycles. The standard InChI is InChI=1S/C17H22N4O4S/c1-2-18-16(22)11-19-17(23)12-7-8-13-14(10-12)26(24,25)20-15-6-4-3-5-9-21(13)15/h7-8,10H,2-6,9,11H2,1H3,(H,18,22)(H,19,23). The Balaban J connectivity index is 1.87. The molecular formula is C17H22N4O4S. The smallest absolute Gasteiger partial charge is 0.286 e. The highest BCUT2D eigenvalue weighted by molar-refractivity contribution is 7.90. The monoisotopic (exact) mass is 378 g/mol. The molecule has 0 aliphatic carbocycles. The summed E-state index contributed by atoms with van der Waals surface area (Å²) in [5.74, 6) is -0.228. The number of nitrogens with one attached hydrogen (secondary N) is 2. The van der Waals surface area contributed by atoms with E-state index in [2.05, 4.69) is 15.0 Å². The van der Waals surface area contributed by atoms with Crippen molar-refractivity contribution in [2.45, 2.75) is 37.5 Å². The van der Waals surface area contributed by atoms with Crippen LogP contribution >= 0.6 is 0 Å². The Morgan fingerprint density at radius 3 is 2.77 bits per heavy atom. The molecule has 3 rings (SSSR count). The lowest BCUT2D eigenvalue weighted by molar-refractivity contribution is -0.120. The van der Waals surface area contributed by atoms with Crippen molar-refractivity contribution in [2.24, 2.45) is 4.40 Å². The second-order valence-electron chi connectivity index (χ2n) is 6.26. The first kappa shape index (κ1) is 18.4. The first-order chi connectivity index (χ1) is 12.4. The minimum atomic E-state index is -3.84. The minimum Gasteiger partial charge on any atom is -0.355 e. The number of likely N-dealkylation sites (N-methyl/N-ethyl adjacent to an activating group) is 1. The van der Waals surface area contributed by atoms with E-state index < -0.39 is 15.9 Å². The van der Waals surface area contributed by atoms with Gasteiger partial charge in [0.1, 0.15) is 10.7 Å². The van der Waals surface area contributed by atoms with E-state index >= 15 is 0 Å². The fraction of sp³-hybridized carbons (Fsp3) is 0.471. The average molecular weight is 378 g/mol. The highest BCUT2D eigenvalue weighted by atomic mass is 32.2. The zero-order valence-corrected chi connectivity index (χ0v) is 15.4. The lowest BCUT2D eigenvalue weighted by atomic mass is 10.1. The molecule has 0 radical (unpaired) electrons. The van der Waals surface area contributed by atoms with E-state index in [1.54, 1.807) is 19.1 Å². The first-order valence-electron chi connectivity index (χ1n) is 8.72. The summed E-state index contributed by atoms with van der Waals surface area (Å²) in [5, 5.41) is 5.07. The maximum atomic E-state index is 12.6. The van der Waals surface area contributed by atoms with Crippen molar-refractivity contribution in [3.05, 3.63) is 23.8 Å². The fourth-order valence-corrected chi connectivity index (χ4v) is 4.43. The van der Waals surface area contributed by atoms with Crippen LogP contribution in [0.25, 0.3) is 0 Å². The number of carbonyl (C=O) groups is 2. The van der Waals surface area contributed by atoms with Gasteiger partial charge in [-0.25, -0.2) is 0 Å². The molecule has 0 atom stereocenters. The zero-order chi connectivity index (χ0) is 18.7. The minimum absolute atomic E-state index is 0.0359. The number of carbonyl (C=O) groups excluding carboxylic acids is 2. The third kappa shape index (κ3) is 3.72. The summed E-state index contributed by atoms with van der Waals surface area (Å²) in [7, 11) is -3.84. The maximum Gasteiger partial charge on any atom is 0.286 e. The van der Waals surface area contributed by atoms with Crippen molar-refractivity contribution < 1.29 is 18.0 Å². The Morgan fingerprint density at radius 2 is 2.00 bits per heavy atom. The molecule has 9 heteroatoms. The van der Waals surface area contributed by atoms with Crippen LogP contribution in [0.4, 0.5) is 5.69 Å². The van der Waals surface area contributed by atoms with Crippen molar-refractivity contribution >= 4 is 33.4 Å². The number of amidine groups is 1. The molecule has 26 heavy (non-hydrogen) atoms. The summed E-state index contributed by atoms with van der Waals surface area (Å²) in [6.07, 6.45) is 3.55. The van der Waals surface area contributed by atoms with Gasteiger partial charge in [-0.05, 0) is 38.0 Å². The molecule has 2 N–H and O–H groups in total. The van der Waals surface area contributed by atoms with Crippen molar-refractivity contribution in [3.8, 4) is 0 Å². The molecule has 8 nitrogen and oxygen atoms in total. The van der Waals surface area contributed by atoms with Gasteiger partial charge in [-0.15, -0.1) is 4.40 Å². The first-order valence-corrected chi connectivity index (χ1v) is 10.2. The van der Waals surface area contributed by atoms with E-state index in [1.165, 1.54) is 6.07 Å². The number of amides is 2. The highest BCUT2D eigenvalue weighted by Gasteiger charge is 2.32. The highest BCUT2D eigenvalue weighted by Crippen LogP contribution is 2.34. The number of benzene rings is 1. The lowest BCUT2D eigenvalue weighted by Crippen LogP contribution is -2.37. The van der Waals surface area contributed by atoms with E-state index in [9.17, 15) is 18.0 Å². The molecule has 2 aliphatic rings. The molecule has 0 saturated carbocycles. The molecule has 0 unspecified atom stereocenters. The molecule has 140 valence electrons. The molecular weight excluding hydrogens is 356 g/mol. The van der Waals surface area contributed by atoms with Crippen LogP contribution in [0.15, 0.2) is 27.5 Å². The fourth-order valence-electron chi connectivity index (χ4n) is 3.14. The number of hydrogen-bond donors (Lipinski definition) is 2. The van der Waals surface area contributed by atoms with E-state index in [0.29, 0.717) is 31.0 Å². The summed E-state index contributed by atoms with van der Waals surface area (Å²) in [5.41, 5.74) is 0.752. The third-order valence-electron chi connectivity index (χ3n) is 4.39. The number of fused-ring (bicyclic) bond motifs is 3. The zero-order valence-electron chi connectivity index (χ0n) is 14.6. The quantitative estimate of drug-likeness (QED) is 0.814. The number of sulfonamides is 1. The van der Waals surface area contributed by atoms with Gasteiger partial charge < -0.3 is 15.5 Å². The normalized spacial score (nSPS) is 18.0. The second-order valence-corrected chi connectivity index (χ2v) is 7.84. The molecule has 2 amide bonds. The van der Waals surface area contributed by atoms with E-state index in [-0.39, 0.29) is 22.9 Å². The molecule has 1 fully saturated rings. The van der Waals surface area contributed by atoms with Gasteiger partial charge in [0.2, 0.25) is 5.91 Å². The number of hydrogen-bond acceptors (Lipinski definition) is 5. The molecule has 1 saturated heterocycles. The molecule has 2 heterocycles. The summed E-state index contributed by atoms with van der Waals surface area (Å²) < 4.78 is 29.1. The molecule has 0 aromatic heterocycles. The van der Waals surface area contributed by atoms with Gasteiger partial charge in [-0.2, -0.15) is 8.42 Å². The van der Waals surface area contributed by atoms with Crippen molar-refractivity contribution in [3.63, 3.8) is 0 Å². The Labute approximate surface area is 152 Å². The second kappa shape index (κ2) is 7.45. The molecule has 0 spiro atoms. The Kier molecular flexibility index (Phi) is 5.26. The summed E-state index contributed by atoms with van der Waals surface area (Å²) in [4.78, 5) is 25.7. The van der Waals surface area contributed by atoms with Crippen LogP contribution in [-0.2, 0) is 14.8 Å². The van der Waals surface area contributed by atoms with Gasteiger partial charge in [0.25, 0.3) is 15.9 Å². The number of nitrogens with zero attached hydrogens (tertiary/aromatic N) is 2. The van der Waals surface area contributed by atoms with Crippen LogP contribution in [0.3, 0.4) is 0 Å². The summed E-state index contributed by atoms with van der Waals surface area (Å²) in [6, 6.07) is 4.56. The van der Waals surface area contributed by atoms with E-state index in [1.807, 2.05) is 4.90 Å². The van der Waals surface area contributed by atoms with Crippen molar-refractivity contribution in [1.82, 2.24) is 10.6 Å². The van der Waals surface area contributed by atoms with Gasteiger partial charge in [0, 0.05) is 25.1 Å². The molecule has 2 aliphatic heterocycles. The van der Waals surface area contributed by atoms with Crippen LogP contribution in [0, 0.1) is 0 Å². The van der Waals surface area contributed by atoms with E-state index in [4.69, 9.17) is 0 Å². The van der Waals surface area contributed by atoms with Crippen LogP contribution in [0.1, 0.15) is 43.0 Å². The topological polar surface area (TPSA) is 108 Å². The Bertz CT molecular complexity index is 864. The number of rotatable bonds is 4. The predicted molar refractivity (Wildman–Crippen MR) is 97.9 cm³/mol. The Morgan fingerprint density at radius 1 is 1.19 bits per heavy atom. The van der Waals surface area contributed by atoms with Crippen molar-refractivity contribution in [1.29, 1.82) is 0 Å². The number of anilines is 1. The third-order valence-corrected chi connectivity index (χ3v) is 5.73. The van der Waals surface area contributed by atoms with Gasteiger partial charge in [0.15, 0.2) is 0 Å². The van der Waals surface area contributed by atoms with Crippen LogP contribution < -0.4 is 15.5 Å². The molecule has 0 bridgehead atoms. The van der Waals surface area contributed by atoms with E-state index in [0.717, 1.165) is 19.3 Å². The van der Waals surface area contributed by atoms with Gasteiger partial charge in [-0.3, -0.25) is 9.59 Å². The SMILES string of the molecule is CCNC(=O)CNC(=O)c1ccc2c(c1)S(=O)(=O)N=C1CCCCCN12.